The predicted molar refractivity (Wildman–Crippen MR) is 162 cm³/mol. The normalized spacial score (nSPS) is 32.7. The molecule has 2 aliphatic heterocycles. The van der Waals surface area contributed by atoms with Gasteiger partial charge in [-0.1, -0.05) is 53.7 Å². The molecule has 4 N–H and O–H groups in total. The third kappa shape index (κ3) is 6.72. The Morgan fingerprint density at radius 1 is 1.12 bits per heavy atom. The lowest BCUT2D eigenvalue weighted by atomic mass is 9.76. The van der Waals surface area contributed by atoms with Gasteiger partial charge in [0.25, 0.3) is 0 Å². The smallest absolute Gasteiger partial charge is 0.339 e. The summed E-state index contributed by atoms with van der Waals surface area (Å²) in [5, 5.41) is 42.1. The first-order chi connectivity index (χ1) is 19.7. The molecule has 0 amide bonds. The average Bonchev–Trinajstić information content (AvgIpc) is 3.31. The maximum Gasteiger partial charge on any atom is 0.339 e. The van der Waals surface area contributed by atoms with Gasteiger partial charge in [-0.25, -0.2) is 4.79 Å². The summed E-state index contributed by atoms with van der Waals surface area (Å²) in [5.41, 5.74) is -0.437. The molecule has 0 aromatic heterocycles. The zero-order chi connectivity index (χ0) is 31.6. The van der Waals surface area contributed by atoms with Crippen molar-refractivity contribution >= 4 is 11.8 Å². The Morgan fingerprint density at radius 3 is 2.33 bits per heavy atom. The quantitative estimate of drug-likeness (QED) is 0.225. The molecule has 1 aromatic rings. The van der Waals surface area contributed by atoms with E-state index in [9.17, 15) is 30.0 Å². The molecule has 0 bridgehead atoms. The van der Waals surface area contributed by atoms with Gasteiger partial charge in [0.1, 0.15) is 17.1 Å². The Labute approximate surface area is 251 Å². The Kier molecular flexibility index (Phi) is 11.3. The molecule has 8 nitrogen and oxygen atoms in total. The molecule has 0 spiro atoms. The van der Waals surface area contributed by atoms with Crippen molar-refractivity contribution in [1.29, 1.82) is 0 Å². The second-order valence-corrected chi connectivity index (χ2v) is 13.2. The molecule has 0 aliphatic carbocycles. The number of rotatable bonds is 13. The van der Waals surface area contributed by atoms with Gasteiger partial charge >= 0.3 is 5.97 Å². The minimum atomic E-state index is -1.18. The van der Waals surface area contributed by atoms with Gasteiger partial charge in [0.2, 0.25) is 0 Å². The number of carbonyl (C=O) groups excluding carboxylic acids is 1. The van der Waals surface area contributed by atoms with Crippen molar-refractivity contribution in [2.45, 2.75) is 142 Å². The highest BCUT2D eigenvalue weighted by Gasteiger charge is 2.55. The fourth-order valence-corrected chi connectivity index (χ4v) is 7.45. The number of carboxylic acid groups (broad SMARTS) is 1. The van der Waals surface area contributed by atoms with E-state index in [1.54, 1.807) is 26.0 Å². The minimum absolute atomic E-state index is 0.0157. The van der Waals surface area contributed by atoms with Gasteiger partial charge in [-0.15, -0.1) is 0 Å². The summed E-state index contributed by atoms with van der Waals surface area (Å²) in [6, 6.07) is 3.40. The molecule has 2 fully saturated rings. The van der Waals surface area contributed by atoms with Gasteiger partial charge < -0.3 is 29.9 Å². The van der Waals surface area contributed by atoms with E-state index in [1.165, 1.54) is 0 Å². The number of hydrogen-bond donors (Lipinski definition) is 4. The lowest BCUT2D eigenvalue weighted by molar-refractivity contribution is -0.229. The number of Topliss-reactive ketones (excluding diaryl/α,β-unsaturated/α-hetero) is 1. The summed E-state index contributed by atoms with van der Waals surface area (Å²) < 4.78 is 13.2. The third-order valence-electron chi connectivity index (χ3n) is 10.7. The molecule has 2 heterocycles. The maximum atomic E-state index is 13.9. The van der Waals surface area contributed by atoms with Crippen molar-refractivity contribution in [1.82, 2.24) is 0 Å². The molecule has 0 saturated carbocycles. The molecule has 2 aliphatic rings. The number of aryl methyl sites for hydroxylation is 2. The topological polar surface area (TPSA) is 134 Å². The Hall–Kier alpha value is -2.00. The van der Waals surface area contributed by atoms with E-state index in [1.807, 2.05) is 27.7 Å². The number of aromatic hydroxyl groups is 1. The number of benzene rings is 1. The average molecular weight is 591 g/mol. The number of hydrogen-bond acceptors (Lipinski definition) is 7. The van der Waals surface area contributed by atoms with Gasteiger partial charge in [0.15, 0.2) is 0 Å². The van der Waals surface area contributed by atoms with Crippen LogP contribution in [0.3, 0.4) is 0 Å². The molecule has 1 aromatic carbocycles. The highest BCUT2D eigenvalue weighted by Crippen LogP contribution is 2.48. The van der Waals surface area contributed by atoms with Gasteiger partial charge in [0.05, 0.1) is 35.6 Å². The maximum absolute atomic E-state index is 13.9. The van der Waals surface area contributed by atoms with Crippen LogP contribution < -0.4 is 0 Å². The van der Waals surface area contributed by atoms with Gasteiger partial charge in [-0.05, 0) is 88.2 Å². The van der Waals surface area contributed by atoms with Gasteiger partial charge in [-0.2, -0.15) is 0 Å². The fourth-order valence-electron chi connectivity index (χ4n) is 7.45. The van der Waals surface area contributed by atoms with Crippen molar-refractivity contribution in [3.05, 3.63) is 28.8 Å². The monoisotopic (exact) mass is 590 g/mol. The first kappa shape index (κ1) is 34.5. The van der Waals surface area contributed by atoms with Crippen molar-refractivity contribution in [3.63, 3.8) is 0 Å². The van der Waals surface area contributed by atoms with Crippen molar-refractivity contribution < 1.29 is 39.5 Å². The second-order valence-electron chi connectivity index (χ2n) is 13.2. The molecular formula is C34H54O8. The Bertz CT molecular complexity index is 1100. The number of ether oxygens (including phenoxy) is 2. The van der Waals surface area contributed by atoms with Crippen LogP contribution in [0.4, 0.5) is 0 Å². The van der Waals surface area contributed by atoms with Crippen LogP contribution >= 0.6 is 0 Å². The molecule has 238 valence electrons. The van der Waals surface area contributed by atoms with Crippen LogP contribution in [0.2, 0.25) is 0 Å². The third-order valence-corrected chi connectivity index (χ3v) is 10.7. The van der Waals surface area contributed by atoms with E-state index >= 15 is 0 Å². The Morgan fingerprint density at radius 2 is 1.79 bits per heavy atom. The number of aliphatic hydroxyl groups is 2. The van der Waals surface area contributed by atoms with E-state index in [2.05, 4.69) is 13.8 Å². The summed E-state index contributed by atoms with van der Waals surface area (Å²) in [5.74, 6) is -2.55. The summed E-state index contributed by atoms with van der Waals surface area (Å²) in [6.07, 6.45) is 3.34. The van der Waals surface area contributed by atoms with Gasteiger partial charge in [0, 0.05) is 11.8 Å². The standard InChI is InChI=1S/C34H54O8/c1-9-25(31-21(6)18-34(11-3,42-31)26-16-17-33(40,10-2)23(8)41-26)30(37)22(7)28(35)19(4)12-14-24-15-13-20(5)29(36)27(24)32(38)39/h13,15,19,21-23,25-26,28,31,35-36,40H,9-12,14,16-18H2,1-8H3,(H,38,39)/t19?,21-,22?,23-,25?,26+,28?,31-,33+,34-/m0/s1. The van der Waals surface area contributed by atoms with E-state index in [0.717, 1.165) is 12.8 Å². The molecule has 4 unspecified atom stereocenters. The lowest BCUT2D eigenvalue weighted by Gasteiger charge is -2.47. The summed E-state index contributed by atoms with van der Waals surface area (Å²) >= 11 is 0. The number of ketones is 1. The molecule has 8 heteroatoms. The summed E-state index contributed by atoms with van der Waals surface area (Å²) in [7, 11) is 0. The minimum Gasteiger partial charge on any atom is -0.507 e. The second kappa shape index (κ2) is 13.7. The van der Waals surface area contributed by atoms with Crippen LogP contribution in [0.5, 0.6) is 5.75 Å². The molecule has 3 rings (SSSR count). The number of aliphatic hydroxyl groups excluding tert-OH is 1. The molecular weight excluding hydrogens is 536 g/mol. The molecule has 0 radical (unpaired) electrons. The van der Waals surface area contributed by atoms with Gasteiger partial charge in [-0.3, -0.25) is 4.79 Å². The Balaban J connectivity index is 1.69. The van der Waals surface area contributed by atoms with Crippen LogP contribution in [0.25, 0.3) is 0 Å². The molecule has 10 atom stereocenters. The number of carbonyl (C=O) groups is 2. The molecule has 42 heavy (non-hydrogen) atoms. The van der Waals surface area contributed by atoms with E-state index in [0.29, 0.717) is 49.7 Å². The van der Waals surface area contributed by atoms with Crippen LogP contribution in [0.1, 0.15) is 115 Å². The SMILES string of the molecule is CCC(C(=O)C(C)C(O)C(C)CCc1ccc(C)c(O)c1C(=O)O)[C@H]1O[C@](CC)([C@H]2CC[C@](O)(CC)[C@H](C)O2)C[C@@H]1C. The zero-order valence-electron chi connectivity index (χ0n) is 26.9. The van der Waals surface area contributed by atoms with Crippen LogP contribution in [-0.2, 0) is 20.7 Å². The number of carboxylic acids is 1. The lowest BCUT2D eigenvalue weighted by Crippen LogP contribution is -2.55. The summed E-state index contributed by atoms with van der Waals surface area (Å²) in [6.45, 7) is 15.4. The highest BCUT2D eigenvalue weighted by molar-refractivity contribution is 5.93. The van der Waals surface area contributed by atoms with E-state index in [-0.39, 0.29) is 53.2 Å². The number of aromatic carboxylic acids is 1. The van der Waals surface area contributed by atoms with Crippen molar-refractivity contribution in [3.8, 4) is 5.75 Å². The highest BCUT2D eigenvalue weighted by atomic mass is 16.6. The largest absolute Gasteiger partial charge is 0.507 e. The van der Waals surface area contributed by atoms with Crippen LogP contribution in [0.15, 0.2) is 12.1 Å². The summed E-state index contributed by atoms with van der Waals surface area (Å²) in [4.78, 5) is 25.7. The zero-order valence-corrected chi connectivity index (χ0v) is 26.9. The van der Waals surface area contributed by atoms with Crippen molar-refractivity contribution in [2.75, 3.05) is 0 Å². The van der Waals surface area contributed by atoms with E-state index in [4.69, 9.17) is 9.47 Å². The predicted octanol–water partition coefficient (Wildman–Crippen LogP) is 5.84. The fraction of sp³-hybridized carbons (Fsp3) is 0.765. The van der Waals surface area contributed by atoms with Crippen molar-refractivity contribution in [2.24, 2.45) is 23.7 Å². The van der Waals surface area contributed by atoms with Crippen LogP contribution in [0, 0.1) is 30.6 Å². The molecule has 2 saturated heterocycles. The van der Waals surface area contributed by atoms with E-state index < -0.39 is 29.2 Å². The first-order valence-corrected chi connectivity index (χ1v) is 16.0. The van der Waals surface area contributed by atoms with Crippen LogP contribution in [-0.4, -0.2) is 67.8 Å². The first-order valence-electron chi connectivity index (χ1n) is 16.0. The number of phenols is 1.